The van der Waals surface area contributed by atoms with Gasteiger partial charge in [-0.3, -0.25) is 0 Å². The molecule has 0 saturated heterocycles. The van der Waals surface area contributed by atoms with Crippen molar-refractivity contribution < 1.29 is 23.0 Å². The number of carbonyl (C=O) groups excluding carboxylic acids is 1. The minimum absolute atomic E-state index is 0.0412. The number of carbonyl (C=O) groups is 1. The summed E-state index contributed by atoms with van der Waals surface area (Å²) in [6, 6.07) is 17.4. The molecule has 11 heteroatoms. The fourth-order valence-electron chi connectivity index (χ4n) is 4.20. The van der Waals surface area contributed by atoms with Crippen molar-refractivity contribution in [3.63, 3.8) is 0 Å². The zero-order valence-electron chi connectivity index (χ0n) is 21.0. The van der Waals surface area contributed by atoms with Gasteiger partial charge in [-0.05, 0) is 48.4 Å². The molecule has 7 nitrogen and oxygen atoms in total. The molecule has 0 aliphatic carbocycles. The Morgan fingerprint density at radius 3 is 2.54 bits per heavy atom. The molecule has 0 fully saturated rings. The third kappa shape index (κ3) is 5.62. The third-order valence-electron chi connectivity index (χ3n) is 6.19. The van der Waals surface area contributed by atoms with Crippen LogP contribution < -0.4 is 10.1 Å². The number of allylic oxidation sites excluding steroid dienone is 1. The number of thioether (sulfide) groups is 1. The Bertz CT molecular complexity index is 1540. The maximum absolute atomic E-state index is 14.1. The topological polar surface area (TPSA) is 78.3 Å². The van der Waals surface area contributed by atoms with Crippen LogP contribution in [0.3, 0.4) is 0 Å². The van der Waals surface area contributed by atoms with E-state index in [0.29, 0.717) is 39.4 Å². The van der Waals surface area contributed by atoms with Gasteiger partial charge in [0.1, 0.15) is 30.0 Å². The first-order valence-electron chi connectivity index (χ1n) is 11.9. The monoisotopic (exact) mass is 568 g/mol. The van der Waals surface area contributed by atoms with Crippen LogP contribution in [0.2, 0.25) is 5.02 Å². The van der Waals surface area contributed by atoms with Gasteiger partial charge in [-0.25, -0.2) is 18.3 Å². The number of aromatic nitrogens is 3. The van der Waals surface area contributed by atoms with Crippen molar-refractivity contribution in [2.45, 2.75) is 30.5 Å². The first kappa shape index (κ1) is 26.7. The first-order chi connectivity index (χ1) is 18.9. The summed E-state index contributed by atoms with van der Waals surface area (Å²) in [5.74, 6) is 0.0218. The highest BCUT2D eigenvalue weighted by molar-refractivity contribution is 7.98. The average Bonchev–Trinajstić information content (AvgIpc) is 3.34. The number of nitrogens with one attached hydrogen (secondary N) is 1. The molecule has 0 amide bonds. The summed E-state index contributed by atoms with van der Waals surface area (Å²) in [7, 11) is 1.32. The van der Waals surface area contributed by atoms with Gasteiger partial charge in [-0.2, -0.15) is 4.98 Å². The number of ether oxygens (including phenoxy) is 2. The van der Waals surface area contributed by atoms with Gasteiger partial charge in [-0.1, -0.05) is 59.8 Å². The Balaban J connectivity index is 1.41. The SMILES string of the molecule is COC(=O)C1=C(C)Nc2nc(SCc3ccccc3F)nn2C1c1ccc(OCc2c(F)cccc2Cl)cc1. The van der Waals surface area contributed by atoms with Crippen molar-refractivity contribution in [3.05, 3.63) is 111 Å². The predicted octanol–water partition coefficient (Wildman–Crippen LogP) is 6.54. The molecule has 2 heterocycles. The number of anilines is 1. The quantitative estimate of drug-likeness (QED) is 0.191. The maximum Gasteiger partial charge on any atom is 0.338 e. The van der Waals surface area contributed by atoms with Crippen LogP contribution in [0, 0.1) is 11.6 Å². The lowest BCUT2D eigenvalue weighted by molar-refractivity contribution is -0.136. The molecule has 1 atom stereocenters. The summed E-state index contributed by atoms with van der Waals surface area (Å²) < 4.78 is 40.6. The molecular weight excluding hydrogens is 546 g/mol. The van der Waals surface area contributed by atoms with Crippen molar-refractivity contribution in [2.75, 3.05) is 12.4 Å². The van der Waals surface area contributed by atoms with Crippen LogP contribution >= 0.6 is 23.4 Å². The molecule has 3 aromatic carbocycles. The number of halogens is 3. The maximum atomic E-state index is 14.1. The lowest BCUT2D eigenvalue weighted by Gasteiger charge is -2.27. The van der Waals surface area contributed by atoms with E-state index in [4.69, 9.17) is 21.1 Å². The standard InChI is InChI=1S/C28H23ClF2N4O3S/c1-16-24(26(36)37-2)25(17-10-12-19(13-11-17)38-14-20-21(29)7-5-9-23(20)31)35-27(32-16)33-28(34-35)39-15-18-6-3-4-8-22(18)30/h3-13,25H,14-15H2,1-2H3,(H,32,33,34). The van der Waals surface area contributed by atoms with Crippen LogP contribution in [0.5, 0.6) is 5.75 Å². The Hall–Kier alpha value is -3.89. The van der Waals surface area contributed by atoms with E-state index in [-0.39, 0.29) is 23.0 Å². The molecule has 200 valence electrons. The number of hydrogen-bond donors (Lipinski definition) is 1. The van der Waals surface area contributed by atoms with Gasteiger partial charge < -0.3 is 14.8 Å². The van der Waals surface area contributed by atoms with Crippen molar-refractivity contribution in [3.8, 4) is 5.75 Å². The fraction of sp³-hybridized carbons (Fsp3) is 0.179. The lowest BCUT2D eigenvalue weighted by atomic mass is 9.96. The second kappa shape index (κ2) is 11.5. The molecule has 4 aromatic rings. The zero-order valence-corrected chi connectivity index (χ0v) is 22.5. The number of rotatable bonds is 8. The summed E-state index contributed by atoms with van der Waals surface area (Å²) in [6.45, 7) is 1.72. The van der Waals surface area contributed by atoms with Gasteiger partial charge in [-0.15, -0.1) is 5.10 Å². The molecule has 0 radical (unpaired) electrons. The Labute approximate surface area is 232 Å². The number of fused-ring (bicyclic) bond motifs is 1. The molecule has 1 aromatic heterocycles. The molecule has 1 aliphatic heterocycles. The van der Waals surface area contributed by atoms with Crippen molar-refractivity contribution in [1.29, 1.82) is 0 Å². The van der Waals surface area contributed by atoms with E-state index in [1.54, 1.807) is 60.1 Å². The van der Waals surface area contributed by atoms with Gasteiger partial charge in [0.25, 0.3) is 0 Å². The molecule has 1 aliphatic rings. The highest BCUT2D eigenvalue weighted by Crippen LogP contribution is 2.37. The molecule has 1 N–H and O–H groups in total. The van der Waals surface area contributed by atoms with Crippen molar-refractivity contribution in [2.24, 2.45) is 0 Å². The van der Waals surface area contributed by atoms with E-state index >= 15 is 0 Å². The molecule has 5 rings (SSSR count). The summed E-state index contributed by atoms with van der Waals surface area (Å²) in [5, 5.41) is 8.46. The highest BCUT2D eigenvalue weighted by atomic mass is 35.5. The van der Waals surface area contributed by atoms with E-state index in [1.165, 1.54) is 37.1 Å². The van der Waals surface area contributed by atoms with Crippen molar-refractivity contribution in [1.82, 2.24) is 14.8 Å². The number of methoxy groups -OCH3 is 1. The Morgan fingerprint density at radius 2 is 1.82 bits per heavy atom. The Kier molecular flexibility index (Phi) is 7.85. The number of hydrogen-bond acceptors (Lipinski definition) is 7. The largest absolute Gasteiger partial charge is 0.489 e. The lowest BCUT2D eigenvalue weighted by Crippen LogP contribution is -2.29. The van der Waals surface area contributed by atoms with Gasteiger partial charge in [0.05, 0.1) is 17.7 Å². The smallest absolute Gasteiger partial charge is 0.338 e. The molecule has 1 unspecified atom stereocenters. The Morgan fingerprint density at radius 1 is 1.08 bits per heavy atom. The van der Waals surface area contributed by atoms with E-state index in [2.05, 4.69) is 15.4 Å². The molecule has 0 saturated carbocycles. The van der Waals surface area contributed by atoms with E-state index in [0.717, 1.165) is 5.56 Å². The van der Waals surface area contributed by atoms with Crippen LogP contribution in [-0.4, -0.2) is 27.8 Å². The van der Waals surface area contributed by atoms with E-state index < -0.39 is 17.8 Å². The summed E-state index contributed by atoms with van der Waals surface area (Å²) in [5.41, 5.74) is 2.47. The second-order valence-electron chi connectivity index (χ2n) is 8.66. The van der Waals surface area contributed by atoms with Crippen LogP contribution in [0.25, 0.3) is 0 Å². The first-order valence-corrected chi connectivity index (χ1v) is 13.3. The van der Waals surface area contributed by atoms with Crippen LogP contribution in [0.4, 0.5) is 14.7 Å². The van der Waals surface area contributed by atoms with Gasteiger partial charge in [0.2, 0.25) is 11.1 Å². The summed E-state index contributed by atoms with van der Waals surface area (Å²) in [4.78, 5) is 17.4. The minimum Gasteiger partial charge on any atom is -0.489 e. The molecular formula is C28H23ClF2N4O3S. The minimum atomic E-state index is -0.640. The molecule has 0 bridgehead atoms. The van der Waals surface area contributed by atoms with Crippen LogP contribution in [0.15, 0.2) is 83.2 Å². The van der Waals surface area contributed by atoms with Gasteiger partial charge >= 0.3 is 5.97 Å². The summed E-state index contributed by atoms with van der Waals surface area (Å²) >= 11 is 7.38. The average molecular weight is 569 g/mol. The fourth-order valence-corrected chi connectivity index (χ4v) is 5.24. The van der Waals surface area contributed by atoms with Gasteiger partial charge in [0, 0.05) is 17.0 Å². The highest BCUT2D eigenvalue weighted by Gasteiger charge is 2.35. The normalized spacial score (nSPS) is 14.5. The predicted molar refractivity (Wildman–Crippen MR) is 145 cm³/mol. The number of esters is 1. The third-order valence-corrected chi connectivity index (χ3v) is 7.43. The van der Waals surface area contributed by atoms with Crippen molar-refractivity contribution >= 4 is 35.3 Å². The number of benzene rings is 3. The second-order valence-corrected chi connectivity index (χ2v) is 10.0. The van der Waals surface area contributed by atoms with Crippen LogP contribution in [0.1, 0.15) is 29.7 Å². The molecule has 39 heavy (non-hydrogen) atoms. The zero-order chi connectivity index (χ0) is 27.5. The van der Waals surface area contributed by atoms with Gasteiger partial charge in [0.15, 0.2) is 0 Å². The van der Waals surface area contributed by atoms with Crippen LogP contribution in [-0.2, 0) is 21.9 Å². The van der Waals surface area contributed by atoms with E-state index in [9.17, 15) is 13.6 Å². The summed E-state index contributed by atoms with van der Waals surface area (Å²) in [6.07, 6.45) is 0. The number of nitrogens with zero attached hydrogens (tertiary/aromatic N) is 3. The van der Waals surface area contributed by atoms with E-state index in [1.807, 2.05) is 0 Å². The molecule has 0 spiro atoms.